The van der Waals surface area contributed by atoms with Crippen molar-refractivity contribution in [3.8, 4) is 11.5 Å². The lowest BCUT2D eigenvalue weighted by Gasteiger charge is -2.16. The second-order valence-corrected chi connectivity index (χ2v) is 5.37. The zero-order chi connectivity index (χ0) is 15.2. The molecule has 1 saturated heterocycles. The van der Waals surface area contributed by atoms with Crippen LogP contribution in [0.1, 0.15) is 24.6 Å². The van der Waals surface area contributed by atoms with E-state index in [2.05, 4.69) is 15.0 Å². The van der Waals surface area contributed by atoms with Crippen LogP contribution in [0.25, 0.3) is 0 Å². The highest BCUT2D eigenvalue weighted by Crippen LogP contribution is 2.27. The van der Waals surface area contributed by atoms with Gasteiger partial charge in [0.1, 0.15) is 6.61 Å². The van der Waals surface area contributed by atoms with Crippen LogP contribution in [0, 0.1) is 6.92 Å². The summed E-state index contributed by atoms with van der Waals surface area (Å²) in [5.74, 6) is 2.51. The van der Waals surface area contributed by atoms with E-state index in [1.807, 2.05) is 24.3 Å². The first-order valence-corrected chi connectivity index (χ1v) is 7.67. The van der Waals surface area contributed by atoms with Crippen molar-refractivity contribution in [2.75, 3.05) is 26.2 Å². The van der Waals surface area contributed by atoms with Gasteiger partial charge in [-0.15, -0.1) is 0 Å². The summed E-state index contributed by atoms with van der Waals surface area (Å²) < 4.78 is 16.6. The minimum absolute atomic E-state index is 0.243. The van der Waals surface area contributed by atoms with Gasteiger partial charge < -0.3 is 14.0 Å². The van der Waals surface area contributed by atoms with Crippen LogP contribution >= 0.6 is 0 Å². The number of likely N-dealkylation sites (tertiary alicyclic amines) is 1. The van der Waals surface area contributed by atoms with Gasteiger partial charge in [-0.2, -0.15) is 4.98 Å². The van der Waals surface area contributed by atoms with E-state index in [-0.39, 0.29) is 6.61 Å². The van der Waals surface area contributed by atoms with Gasteiger partial charge in [-0.05, 0) is 45.0 Å². The molecular formula is C16H21N3O3. The standard InChI is InChI=1S/C16H21N3O3/c1-13-17-16(22-18-13)12-21-15-7-3-2-6-14(15)20-11-10-19-8-4-5-9-19/h2-3,6-7H,4-5,8-12H2,1H3. The summed E-state index contributed by atoms with van der Waals surface area (Å²) >= 11 is 0. The van der Waals surface area contributed by atoms with Gasteiger partial charge in [-0.3, -0.25) is 4.90 Å². The molecular weight excluding hydrogens is 282 g/mol. The van der Waals surface area contributed by atoms with Crippen LogP contribution in [0.3, 0.4) is 0 Å². The van der Waals surface area contributed by atoms with Crippen molar-refractivity contribution in [3.05, 3.63) is 36.0 Å². The predicted octanol–water partition coefficient (Wildman–Crippen LogP) is 2.43. The Morgan fingerprint density at radius 2 is 1.86 bits per heavy atom. The lowest BCUT2D eigenvalue weighted by Crippen LogP contribution is -2.25. The number of aromatic nitrogens is 2. The number of hydrogen-bond donors (Lipinski definition) is 0. The van der Waals surface area contributed by atoms with Crippen LogP contribution in [-0.2, 0) is 6.61 Å². The largest absolute Gasteiger partial charge is 0.488 e. The van der Waals surface area contributed by atoms with Crippen LogP contribution < -0.4 is 9.47 Å². The zero-order valence-corrected chi connectivity index (χ0v) is 12.8. The minimum atomic E-state index is 0.243. The Labute approximate surface area is 130 Å². The average Bonchev–Trinajstić information content (AvgIpc) is 3.18. The van der Waals surface area contributed by atoms with E-state index in [1.54, 1.807) is 6.92 Å². The van der Waals surface area contributed by atoms with E-state index < -0.39 is 0 Å². The van der Waals surface area contributed by atoms with Gasteiger partial charge in [-0.1, -0.05) is 17.3 Å². The summed E-state index contributed by atoms with van der Waals surface area (Å²) in [6, 6.07) is 7.66. The Kier molecular flexibility index (Phi) is 4.90. The fourth-order valence-electron chi connectivity index (χ4n) is 2.52. The molecule has 1 aliphatic heterocycles. The molecule has 22 heavy (non-hydrogen) atoms. The highest BCUT2D eigenvalue weighted by Gasteiger charge is 2.12. The van der Waals surface area contributed by atoms with E-state index in [4.69, 9.17) is 14.0 Å². The number of rotatable bonds is 7. The monoisotopic (exact) mass is 303 g/mol. The first-order chi connectivity index (χ1) is 10.8. The van der Waals surface area contributed by atoms with Crippen LogP contribution in [0.4, 0.5) is 0 Å². The molecule has 0 saturated carbocycles. The first kappa shape index (κ1) is 14.8. The maximum atomic E-state index is 5.86. The molecule has 1 aromatic carbocycles. The molecule has 1 aromatic heterocycles. The molecule has 3 rings (SSSR count). The highest BCUT2D eigenvalue weighted by atomic mass is 16.5. The molecule has 0 spiro atoms. The summed E-state index contributed by atoms with van der Waals surface area (Å²) in [5, 5.41) is 3.74. The molecule has 0 N–H and O–H groups in total. The molecule has 118 valence electrons. The zero-order valence-electron chi connectivity index (χ0n) is 12.8. The number of aryl methyl sites for hydroxylation is 1. The van der Waals surface area contributed by atoms with Crippen molar-refractivity contribution in [3.63, 3.8) is 0 Å². The van der Waals surface area contributed by atoms with E-state index in [0.29, 0.717) is 24.1 Å². The second-order valence-electron chi connectivity index (χ2n) is 5.37. The van der Waals surface area contributed by atoms with E-state index in [9.17, 15) is 0 Å². The topological polar surface area (TPSA) is 60.6 Å². The molecule has 1 fully saturated rings. The third-order valence-corrected chi connectivity index (χ3v) is 3.63. The number of nitrogens with zero attached hydrogens (tertiary/aromatic N) is 3. The molecule has 0 atom stereocenters. The summed E-state index contributed by atoms with van der Waals surface area (Å²) in [7, 11) is 0. The predicted molar refractivity (Wildman–Crippen MR) is 81.0 cm³/mol. The number of ether oxygens (including phenoxy) is 2. The minimum Gasteiger partial charge on any atom is -0.488 e. The lowest BCUT2D eigenvalue weighted by molar-refractivity contribution is 0.209. The third kappa shape index (κ3) is 3.98. The molecule has 6 heteroatoms. The first-order valence-electron chi connectivity index (χ1n) is 7.67. The van der Waals surface area contributed by atoms with Gasteiger partial charge in [0.2, 0.25) is 0 Å². The Hall–Kier alpha value is -2.08. The molecule has 0 unspecified atom stereocenters. The molecule has 0 aliphatic carbocycles. The van der Waals surface area contributed by atoms with Crippen molar-refractivity contribution in [2.24, 2.45) is 0 Å². The van der Waals surface area contributed by atoms with Crippen LogP contribution in [-0.4, -0.2) is 41.3 Å². The van der Waals surface area contributed by atoms with Gasteiger partial charge >= 0.3 is 0 Å². The van der Waals surface area contributed by atoms with Crippen LogP contribution in [0.2, 0.25) is 0 Å². The highest BCUT2D eigenvalue weighted by molar-refractivity contribution is 5.39. The van der Waals surface area contributed by atoms with Crippen molar-refractivity contribution in [1.82, 2.24) is 15.0 Å². The molecule has 0 bridgehead atoms. The second kappa shape index (κ2) is 7.26. The normalized spacial score (nSPS) is 15.1. The van der Waals surface area contributed by atoms with E-state index >= 15 is 0 Å². The molecule has 2 heterocycles. The van der Waals surface area contributed by atoms with Gasteiger partial charge in [0, 0.05) is 6.54 Å². The fourth-order valence-corrected chi connectivity index (χ4v) is 2.52. The van der Waals surface area contributed by atoms with Crippen molar-refractivity contribution < 1.29 is 14.0 Å². The smallest absolute Gasteiger partial charge is 0.264 e. The van der Waals surface area contributed by atoms with Gasteiger partial charge in [-0.25, -0.2) is 0 Å². The molecule has 6 nitrogen and oxygen atoms in total. The van der Waals surface area contributed by atoms with Crippen LogP contribution in [0.5, 0.6) is 11.5 Å². The summed E-state index contributed by atoms with van der Waals surface area (Å²) in [6.45, 7) is 6.00. The molecule has 1 aliphatic rings. The average molecular weight is 303 g/mol. The SMILES string of the molecule is Cc1noc(COc2ccccc2OCCN2CCCC2)n1. The van der Waals surface area contributed by atoms with Crippen LogP contribution in [0.15, 0.2) is 28.8 Å². The molecule has 2 aromatic rings. The fraction of sp³-hybridized carbons (Fsp3) is 0.500. The Bertz CT molecular complexity index is 594. The Balaban J connectivity index is 1.52. The number of para-hydroxylation sites is 2. The summed E-state index contributed by atoms with van der Waals surface area (Å²) in [4.78, 5) is 6.54. The third-order valence-electron chi connectivity index (χ3n) is 3.63. The van der Waals surface area contributed by atoms with Gasteiger partial charge in [0.15, 0.2) is 23.9 Å². The number of benzene rings is 1. The van der Waals surface area contributed by atoms with Crippen molar-refractivity contribution in [2.45, 2.75) is 26.4 Å². The lowest BCUT2D eigenvalue weighted by atomic mass is 10.3. The molecule has 0 amide bonds. The van der Waals surface area contributed by atoms with E-state index in [1.165, 1.54) is 25.9 Å². The Morgan fingerprint density at radius 1 is 1.14 bits per heavy atom. The maximum absolute atomic E-state index is 5.86. The molecule has 0 radical (unpaired) electrons. The maximum Gasteiger partial charge on any atom is 0.264 e. The summed E-state index contributed by atoms with van der Waals surface area (Å²) in [5.41, 5.74) is 0. The van der Waals surface area contributed by atoms with E-state index in [0.717, 1.165) is 12.3 Å². The van der Waals surface area contributed by atoms with Crippen molar-refractivity contribution in [1.29, 1.82) is 0 Å². The number of hydrogen-bond acceptors (Lipinski definition) is 6. The summed E-state index contributed by atoms with van der Waals surface area (Å²) in [6.07, 6.45) is 2.59. The van der Waals surface area contributed by atoms with Gasteiger partial charge in [0.25, 0.3) is 5.89 Å². The Morgan fingerprint density at radius 3 is 2.55 bits per heavy atom. The quantitative estimate of drug-likeness (QED) is 0.783. The van der Waals surface area contributed by atoms with Gasteiger partial charge in [0.05, 0.1) is 0 Å². The van der Waals surface area contributed by atoms with Crippen molar-refractivity contribution >= 4 is 0 Å².